The van der Waals surface area contributed by atoms with Gasteiger partial charge in [-0.3, -0.25) is 14.9 Å². The SMILES string of the molecule is CCNCC1CCN(C(=O)c2cccc(Cl)c2[N+](=O)[O-])CC1.Cl. The van der Waals surface area contributed by atoms with E-state index in [1.54, 1.807) is 11.0 Å². The summed E-state index contributed by atoms with van der Waals surface area (Å²) in [7, 11) is 0. The highest BCUT2D eigenvalue weighted by atomic mass is 35.5. The maximum absolute atomic E-state index is 12.5. The summed E-state index contributed by atoms with van der Waals surface area (Å²) in [5, 5.41) is 14.5. The standard InChI is InChI=1S/C15H20ClN3O3.ClH/c1-2-17-10-11-6-8-18(9-7-11)15(20)12-4-3-5-13(16)14(12)19(21)22;/h3-5,11,17H,2,6-10H2,1H3;1H. The van der Waals surface area contributed by atoms with Crippen LogP contribution >= 0.6 is 24.0 Å². The van der Waals surface area contributed by atoms with Crippen LogP contribution in [0.3, 0.4) is 0 Å². The van der Waals surface area contributed by atoms with Crippen LogP contribution in [-0.4, -0.2) is 41.9 Å². The molecule has 1 amide bonds. The highest BCUT2D eigenvalue weighted by molar-refractivity contribution is 6.33. The lowest BCUT2D eigenvalue weighted by atomic mass is 9.96. The van der Waals surface area contributed by atoms with E-state index in [0.717, 1.165) is 25.9 Å². The van der Waals surface area contributed by atoms with Gasteiger partial charge in [0, 0.05) is 13.1 Å². The molecule has 128 valence electrons. The van der Waals surface area contributed by atoms with E-state index in [0.29, 0.717) is 19.0 Å². The molecule has 0 spiro atoms. The van der Waals surface area contributed by atoms with Crippen molar-refractivity contribution in [3.05, 3.63) is 38.9 Å². The molecule has 1 N–H and O–H groups in total. The van der Waals surface area contributed by atoms with Crippen LogP contribution in [0.25, 0.3) is 0 Å². The Morgan fingerprint density at radius 3 is 2.65 bits per heavy atom. The fourth-order valence-corrected chi connectivity index (χ4v) is 2.98. The van der Waals surface area contributed by atoms with Crippen LogP contribution in [0.4, 0.5) is 5.69 Å². The monoisotopic (exact) mass is 361 g/mol. The summed E-state index contributed by atoms with van der Waals surface area (Å²) < 4.78 is 0. The van der Waals surface area contributed by atoms with Gasteiger partial charge in [0.15, 0.2) is 0 Å². The highest BCUT2D eigenvalue weighted by Gasteiger charge is 2.29. The Balaban J connectivity index is 0.00000264. The van der Waals surface area contributed by atoms with Gasteiger partial charge in [-0.2, -0.15) is 0 Å². The topological polar surface area (TPSA) is 75.5 Å². The summed E-state index contributed by atoms with van der Waals surface area (Å²) >= 11 is 5.87. The number of nitrogens with one attached hydrogen (secondary N) is 1. The van der Waals surface area contributed by atoms with Gasteiger partial charge in [0.1, 0.15) is 10.6 Å². The van der Waals surface area contributed by atoms with E-state index in [9.17, 15) is 14.9 Å². The van der Waals surface area contributed by atoms with E-state index in [-0.39, 0.29) is 34.6 Å². The third-order valence-corrected chi connectivity index (χ3v) is 4.29. The number of hydrogen-bond acceptors (Lipinski definition) is 4. The summed E-state index contributed by atoms with van der Waals surface area (Å²) in [6, 6.07) is 4.47. The van der Waals surface area contributed by atoms with Gasteiger partial charge in [-0.25, -0.2) is 0 Å². The number of hydrogen-bond donors (Lipinski definition) is 1. The first-order valence-electron chi connectivity index (χ1n) is 7.47. The van der Waals surface area contributed by atoms with Gasteiger partial charge < -0.3 is 10.2 Å². The second kappa shape index (κ2) is 9.05. The van der Waals surface area contributed by atoms with Crippen molar-refractivity contribution in [2.24, 2.45) is 5.92 Å². The van der Waals surface area contributed by atoms with Gasteiger partial charge in [-0.15, -0.1) is 12.4 Å². The lowest BCUT2D eigenvalue weighted by Gasteiger charge is -2.32. The van der Waals surface area contributed by atoms with Crippen molar-refractivity contribution in [1.82, 2.24) is 10.2 Å². The Hall–Kier alpha value is -1.37. The molecular weight excluding hydrogens is 341 g/mol. The first kappa shape index (κ1) is 19.7. The summed E-state index contributed by atoms with van der Waals surface area (Å²) in [5.74, 6) is 0.245. The summed E-state index contributed by atoms with van der Waals surface area (Å²) in [4.78, 5) is 24.8. The van der Waals surface area contributed by atoms with E-state index in [4.69, 9.17) is 11.6 Å². The predicted molar refractivity (Wildman–Crippen MR) is 92.5 cm³/mol. The summed E-state index contributed by atoms with van der Waals surface area (Å²) in [5.41, 5.74) is -0.230. The van der Waals surface area contributed by atoms with E-state index in [2.05, 4.69) is 12.2 Å². The molecule has 1 aromatic rings. The molecule has 1 heterocycles. The van der Waals surface area contributed by atoms with Crippen molar-refractivity contribution in [2.75, 3.05) is 26.2 Å². The third-order valence-electron chi connectivity index (χ3n) is 3.98. The molecule has 0 unspecified atom stereocenters. The number of para-hydroxylation sites is 1. The van der Waals surface area contributed by atoms with E-state index in [1.165, 1.54) is 12.1 Å². The second-order valence-electron chi connectivity index (χ2n) is 5.44. The molecule has 1 saturated heterocycles. The Morgan fingerprint density at radius 2 is 2.09 bits per heavy atom. The van der Waals surface area contributed by atoms with Crippen molar-refractivity contribution >= 4 is 35.6 Å². The number of amides is 1. The molecule has 8 heteroatoms. The van der Waals surface area contributed by atoms with Crippen LogP contribution < -0.4 is 5.32 Å². The molecule has 2 rings (SSSR count). The lowest BCUT2D eigenvalue weighted by molar-refractivity contribution is -0.385. The molecule has 0 aromatic heterocycles. The second-order valence-corrected chi connectivity index (χ2v) is 5.84. The first-order valence-corrected chi connectivity index (χ1v) is 7.85. The molecule has 1 aliphatic heterocycles. The predicted octanol–water partition coefficient (Wildman–Crippen LogP) is 3.13. The third kappa shape index (κ3) is 4.80. The average Bonchev–Trinajstić information content (AvgIpc) is 2.52. The number of halogens is 2. The number of carbonyl (C=O) groups excluding carboxylic acids is 1. The van der Waals surface area contributed by atoms with Gasteiger partial charge in [0.05, 0.1) is 4.92 Å². The van der Waals surface area contributed by atoms with Crippen molar-refractivity contribution in [1.29, 1.82) is 0 Å². The number of piperidine rings is 1. The molecule has 23 heavy (non-hydrogen) atoms. The van der Waals surface area contributed by atoms with Gasteiger partial charge in [-0.05, 0) is 44.0 Å². The van der Waals surface area contributed by atoms with E-state index in [1.807, 2.05) is 0 Å². The van der Waals surface area contributed by atoms with Crippen LogP contribution in [0.2, 0.25) is 5.02 Å². The Labute approximate surface area is 146 Å². The average molecular weight is 362 g/mol. The van der Waals surface area contributed by atoms with Gasteiger partial charge in [0.2, 0.25) is 0 Å². The number of benzene rings is 1. The van der Waals surface area contributed by atoms with Gasteiger partial charge >= 0.3 is 5.69 Å². The molecule has 0 atom stereocenters. The fourth-order valence-electron chi connectivity index (χ4n) is 2.73. The number of likely N-dealkylation sites (tertiary alicyclic amines) is 1. The maximum atomic E-state index is 12.5. The van der Waals surface area contributed by atoms with Crippen LogP contribution in [0.1, 0.15) is 30.1 Å². The van der Waals surface area contributed by atoms with Crippen LogP contribution in [-0.2, 0) is 0 Å². The van der Waals surface area contributed by atoms with Crippen molar-refractivity contribution in [3.8, 4) is 0 Å². The minimum atomic E-state index is -0.590. The van der Waals surface area contributed by atoms with Crippen LogP contribution in [0, 0.1) is 16.0 Å². The van der Waals surface area contributed by atoms with E-state index >= 15 is 0 Å². The molecule has 6 nitrogen and oxygen atoms in total. The van der Waals surface area contributed by atoms with Gasteiger partial charge in [-0.1, -0.05) is 24.6 Å². The molecule has 0 aliphatic carbocycles. The number of rotatable bonds is 5. The van der Waals surface area contributed by atoms with Crippen molar-refractivity contribution in [2.45, 2.75) is 19.8 Å². The number of carbonyl (C=O) groups is 1. The minimum absolute atomic E-state index is 0. The Kier molecular flexibility index (Phi) is 7.75. The largest absolute Gasteiger partial charge is 0.338 e. The molecule has 1 fully saturated rings. The zero-order valence-corrected chi connectivity index (χ0v) is 14.5. The Bertz CT molecular complexity index is 561. The summed E-state index contributed by atoms with van der Waals surface area (Å²) in [6.45, 7) is 5.21. The number of nitro benzene ring substituents is 1. The van der Waals surface area contributed by atoms with Crippen LogP contribution in [0.5, 0.6) is 0 Å². The maximum Gasteiger partial charge on any atom is 0.300 e. The van der Waals surface area contributed by atoms with Crippen molar-refractivity contribution < 1.29 is 9.72 Å². The number of nitrogens with zero attached hydrogens (tertiary/aromatic N) is 2. The molecular formula is C15H21Cl2N3O3. The zero-order valence-electron chi connectivity index (χ0n) is 13.0. The quantitative estimate of drug-likeness (QED) is 0.645. The molecule has 0 saturated carbocycles. The summed E-state index contributed by atoms with van der Waals surface area (Å²) in [6.07, 6.45) is 1.82. The van der Waals surface area contributed by atoms with Gasteiger partial charge in [0.25, 0.3) is 5.91 Å². The normalized spacial score (nSPS) is 15.1. The minimum Gasteiger partial charge on any atom is -0.338 e. The fraction of sp³-hybridized carbons (Fsp3) is 0.533. The molecule has 0 radical (unpaired) electrons. The van der Waals surface area contributed by atoms with Crippen LogP contribution in [0.15, 0.2) is 18.2 Å². The molecule has 1 aromatic carbocycles. The van der Waals surface area contributed by atoms with E-state index < -0.39 is 4.92 Å². The zero-order chi connectivity index (χ0) is 16.1. The number of nitro groups is 1. The first-order chi connectivity index (χ1) is 10.5. The molecule has 1 aliphatic rings. The van der Waals surface area contributed by atoms with Crippen molar-refractivity contribution in [3.63, 3.8) is 0 Å². The lowest BCUT2D eigenvalue weighted by Crippen LogP contribution is -2.41. The highest BCUT2D eigenvalue weighted by Crippen LogP contribution is 2.30. The smallest absolute Gasteiger partial charge is 0.300 e. The molecule has 0 bridgehead atoms. The Morgan fingerprint density at radius 1 is 1.43 bits per heavy atom.